The molecular weight excluding hydrogens is 428 g/mol. The SMILES string of the molecule is CCc1ccc2c(C(C)C)nc(C(C)CCC(C)c3cc(C(C)C)n4cc(C(C)C)ncc34)n2c1. The Morgan fingerprint density at radius 3 is 2.11 bits per heavy atom. The van der Waals surface area contributed by atoms with Gasteiger partial charge in [0, 0.05) is 24.0 Å². The minimum absolute atomic E-state index is 0.397. The number of aromatic nitrogens is 4. The van der Waals surface area contributed by atoms with E-state index in [1.54, 1.807) is 0 Å². The highest BCUT2D eigenvalue weighted by molar-refractivity contribution is 5.59. The van der Waals surface area contributed by atoms with Gasteiger partial charge in [0.05, 0.1) is 28.6 Å². The number of pyridine rings is 1. The molecule has 4 nitrogen and oxygen atoms in total. The summed E-state index contributed by atoms with van der Waals surface area (Å²) in [6, 6.07) is 6.94. The zero-order valence-electron chi connectivity index (χ0n) is 23.3. The highest BCUT2D eigenvalue weighted by Gasteiger charge is 2.22. The van der Waals surface area contributed by atoms with Crippen LogP contribution in [0.4, 0.5) is 0 Å². The molecule has 0 fully saturated rings. The first-order valence-corrected chi connectivity index (χ1v) is 13.6. The lowest BCUT2D eigenvalue weighted by Crippen LogP contribution is -2.04. The van der Waals surface area contributed by atoms with Crippen LogP contribution in [0.15, 0.2) is 36.8 Å². The smallest absolute Gasteiger partial charge is 0.116 e. The Kier molecular flexibility index (Phi) is 7.40. The quantitative estimate of drug-likeness (QED) is 0.244. The van der Waals surface area contributed by atoms with E-state index in [-0.39, 0.29) is 0 Å². The maximum absolute atomic E-state index is 5.17. The van der Waals surface area contributed by atoms with Gasteiger partial charge in [0.15, 0.2) is 0 Å². The number of hydrogen-bond acceptors (Lipinski definition) is 2. The molecule has 35 heavy (non-hydrogen) atoms. The molecule has 0 N–H and O–H groups in total. The molecule has 2 unspecified atom stereocenters. The molecule has 2 atom stereocenters. The standard InChI is InChI=1S/C31H44N4/c1-10-24-13-14-27-30(21(6)7)33-31(35(27)17-24)23(9)12-11-22(8)25-15-28(20(4)5)34-18-26(19(2)3)32-16-29(25)34/h13-23H,10-12H2,1-9H3. The van der Waals surface area contributed by atoms with Gasteiger partial charge in [0.1, 0.15) is 5.82 Å². The van der Waals surface area contributed by atoms with Crippen molar-refractivity contribution in [3.63, 3.8) is 0 Å². The normalized spacial score (nSPS) is 14.2. The van der Waals surface area contributed by atoms with Gasteiger partial charge >= 0.3 is 0 Å². The molecule has 4 heterocycles. The number of rotatable bonds is 9. The van der Waals surface area contributed by atoms with Gasteiger partial charge in [-0.05, 0) is 66.2 Å². The molecule has 0 amide bonds. The molecule has 0 saturated carbocycles. The molecule has 0 radical (unpaired) electrons. The third-order valence-corrected chi connectivity index (χ3v) is 7.63. The summed E-state index contributed by atoms with van der Waals surface area (Å²) in [5, 5.41) is 0. The fourth-order valence-electron chi connectivity index (χ4n) is 5.24. The molecule has 0 aliphatic carbocycles. The second kappa shape index (κ2) is 10.2. The van der Waals surface area contributed by atoms with E-state index >= 15 is 0 Å². The molecule has 4 heteroatoms. The average molecular weight is 473 g/mol. The largest absolute Gasteiger partial charge is 0.317 e. The molecule has 4 aromatic heterocycles. The zero-order chi connectivity index (χ0) is 25.4. The van der Waals surface area contributed by atoms with E-state index in [0.29, 0.717) is 29.6 Å². The van der Waals surface area contributed by atoms with Crippen LogP contribution >= 0.6 is 0 Å². The minimum atomic E-state index is 0.397. The van der Waals surface area contributed by atoms with Gasteiger partial charge in [-0.1, -0.05) is 68.4 Å². The van der Waals surface area contributed by atoms with E-state index < -0.39 is 0 Å². The van der Waals surface area contributed by atoms with E-state index in [0.717, 1.165) is 25.0 Å². The second-order valence-electron chi connectivity index (χ2n) is 11.4. The van der Waals surface area contributed by atoms with Crippen molar-refractivity contribution in [2.75, 3.05) is 0 Å². The van der Waals surface area contributed by atoms with Gasteiger partial charge in [0.25, 0.3) is 0 Å². The van der Waals surface area contributed by atoms with Gasteiger partial charge < -0.3 is 8.80 Å². The Balaban J connectivity index is 1.61. The van der Waals surface area contributed by atoms with E-state index in [2.05, 4.69) is 108 Å². The van der Waals surface area contributed by atoms with Crippen LogP contribution in [-0.2, 0) is 6.42 Å². The molecule has 0 bridgehead atoms. The van der Waals surface area contributed by atoms with Gasteiger partial charge in [-0.3, -0.25) is 4.98 Å². The highest BCUT2D eigenvalue weighted by Crippen LogP contribution is 2.34. The number of hydrogen-bond donors (Lipinski definition) is 0. The molecule has 0 aromatic carbocycles. The van der Waals surface area contributed by atoms with E-state index in [4.69, 9.17) is 9.97 Å². The summed E-state index contributed by atoms with van der Waals surface area (Å²) in [6.07, 6.45) is 9.94. The van der Waals surface area contributed by atoms with Crippen LogP contribution in [0.5, 0.6) is 0 Å². The Bertz CT molecular complexity index is 1300. The van der Waals surface area contributed by atoms with Crippen LogP contribution in [0.1, 0.15) is 139 Å². The molecule has 0 aliphatic heterocycles. The lowest BCUT2D eigenvalue weighted by molar-refractivity contribution is 0.554. The summed E-state index contributed by atoms with van der Waals surface area (Å²) in [4.78, 5) is 9.97. The number of aryl methyl sites for hydroxylation is 1. The monoisotopic (exact) mass is 472 g/mol. The fraction of sp³-hybridized carbons (Fsp3) is 0.548. The predicted octanol–water partition coefficient (Wildman–Crippen LogP) is 8.60. The first-order valence-electron chi connectivity index (χ1n) is 13.6. The van der Waals surface area contributed by atoms with Gasteiger partial charge in [-0.15, -0.1) is 0 Å². The van der Waals surface area contributed by atoms with Crippen LogP contribution in [0, 0.1) is 0 Å². The number of nitrogens with zero attached hydrogens (tertiary/aromatic N) is 4. The van der Waals surface area contributed by atoms with Crippen LogP contribution < -0.4 is 0 Å². The fourth-order valence-corrected chi connectivity index (χ4v) is 5.24. The van der Waals surface area contributed by atoms with Crippen molar-refractivity contribution in [2.45, 2.75) is 111 Å². The highest BCUT2D eigenvalue weighted by atomic mass is 15.0. The lowest BCUT2D eigenvalue weighted by Gasteiger charge is -2.16. The Labute approximate surface area is 211 Å². The summed E-state index contributed by atoms with van der Waals surface area (Å²) < 4.78 is 4.76. The molecule has 4 rings (SSSR count). The van der Waals surface area contributed by atoms with Crippen LogP contribution in [0.25, 0.3) is 11.0 Å². The van der Waals surface area contributed by atoms with Gasteiger partial charge in [-0.25, -0.2) is 4.98 Å². The van der Waals surface area contributed by atoms with Gasteiger partial charge in [0.2, 0.25) is 0 Å². The van der Waals surface area contributed by atoms with Gasteiger partial charge in [-0.2, -0.15) is 0 Å². The average Bonchev–Trinajstić information content (AvgIpc) is 3.40. The van der Waals surface area contributed by atoms with Crippen molar-refractivity contribution in [3.8, 4) is 0 Å². The molecule has 188 valence electrons. The summed E-state index contributed by atoms with van der Waals surface area (Å²) in [5.41, 5.74) is 9.07. The van der Waals surface area contributed by atoms with Crippen molar-refractivity contribution in [1.82, 2.24) is 18.8 Å². The van der Waals surface area contributed by atoms with Crippen LogP contribution in [0.2, 0.25) is 0 Å². The van der Waals surface area contributed by atoms with Crippen LogP contribution in [-0.4, -0.2) is 18.8 Å². The third kappa shape index (κ3) is 4.90. The van der Waals surface area contributed by atoms with Crippen molar-refractivity contribution < 1.29 is 0 Å². The first kappa shape index (κ1) is 25.5. The third-order valence-electron chi connectivity index (χ3n) is 7.63. The van der Waals surface area contributed by atoms with Crippen molar-refractivity contribution >= 4 is 11.0 Å². The molecule has 0 aliphatic rings. The van der Waals surface area contributed by atoms with E-state index in [9.17, 15) is 0 Å². The van der Waals surface area contributed by atoms with E-state index in [1.165, 1.54) is 39.4 Å². The minimum Gasteiger partial charge on any atom is -0.317 e. The summed E-state index contributed by atoms with van der Waals surface area (Å²) in [6.45, 7) is 20.4. The maximum atomic E-state index is 5.17. The molecular formula is C31H44N4. The molecule has 0 spiro atoms. The predicted molar refractivity (Wildman–Crippen MR) is 148 cm³/mol. The summed E-state index contributed by atoms with van der Waals surface area (Å²) in [5.74, 6) is 3.39. The lowest BCUT2D eigenvalue weighted by atomic mass is 9.92. The number of imidazole rings is 1. The van der Waals surface area contributed by atoms with Crippen molar-refractivity contribution in [1.29, 1.82) is 0 Å². The number of fused-ring (bicyclic) bond motifs is 2. The summed E-state index contributed by atoms with van der Waals surface area (Å²) in [7, 11) is 0. The topological polar surface area (TPSA) is 34.6 Å². The van der Waals surface area contributed by atoms with Crippen LogP contribution in [0.3, 0.4) is 0 Å². The zero-order valence-corrected chi connectivity index (χ0v) is 23.3. The summed E-state index contributed by atoms with van der Waals surface area (Å²) >= 11 is 0. The maximum Gasteiger partial charge on any atom is 0.116 e. The Hall–Kier alpha value is -2.62. The van der Waals surface area contributed by atoms with E-state index in [1.807, 2.05) is 0 Å². The first-order chi connectivity index (χ1) is 16.6. The second-order valence-corrected chi connectivity index (χ2v) is 11.4. The van der Waals surface area contributed by atoms with Crippen molar-refractivity contribution in [3.05, 3.63) is 70.8 Å². The Morgan fingerprint density at radius 1 is 0.771 bits per heavy atom. The Morgan fingerprint density at radius 2 is 1.49 bits per heavy atom. The molecule has 0 saturated heterocycles. The van der Waals surface area contributed by atoms with Crippen molar-refractivity contribution in [2.24, 2.45) is 0 Å². The molecule has 4 aromatic rings.